The first-order valence-electron chi connectivity index (χ1n) is 3.35. The standard InChI is InChI=1S/C9H9/c1-2-4-8(5-3-1)9-6-7-9/h1-6,9H,7H2. The minimum absolute atomic E-state index is 0.784. The summed E-state index contributed by atoms with van der Waals surface area (Å²) in [5, 5.41) is 0. The Labute approximate surface area is 55.5 Å². The Morgan fingerprint density at radius 3 is 2.33 bits per heavy atom. The van der Waals surface area contributed by atoms with Gasteiger partial charge in [-0.3, -0.25) is 0 Å². The van der Waals surface area contributed by atoms with Crippen LogP contribution < -0.4 is 0 Å². The summed E-state index contributed by atoms with van der Waals surface area (Å²) in [6, 6.07) is 10.6. The molecule has 1 aromatic rings. The average Bonchev–Trinajstić information content (AvgIpc) is 2.71. The van der Waals surface area contributed by atoms with Gasteiger partial charge in [-0.2, -0.15) is 0 Å². The van der Waals surface area contributed by atoms with Gasteiger partial charge in [-0.1, -0.05) is 30.3 Å². The van der Waals surface area contributed by atoms with Gasteiger partial charge in [0.2, 0.25) is 0 Å². The average molecular weight is 117 g/mol. The zero-order valence-electron chi connectivity index (χ0n) is 5.25. The Bertz CT molecular complexity index is 184. The SMILES string of the molecule is [CH]1CC1c1ccccc1. The lowest BCUT2D eigenvalue weighted by molar-refractivity contribution is 1.16. The van der Waals surface area contributed by atoms with Crippen LogP contribution >= 0.6 is 0 Å². The second-order valence-electron chi connectivity index (χ2n) is 2.49. The predicted molar refractivity (Wildman–Crippen MR) is 38.1 cm³/mol. The molecule has 1 saturated carbocycles. The number of hydrogen-bond acceptors (Lipinski definition) is 0. The summed E-state index contributed by atoms with van der Waals surface area (Å²) in [6.07, 6.45) is 3.61. The van der Waals surface area contributed by atoms with E-state index in [9.17, 15) is 0 Å². The van der Waals surface area contributed by atoms with E-state index in [4.69, 9.17) is 0 Å². The molecule has 0 amide bonds. The molecule has 0 heterocycles. The van der Waals surface area contributed by atoms with Crippen molar-refractivity contribution in [3.8, 4) is 0 Å². The van der Waals surface area contributed by atoms with E-state index in [1.54, 1.807) is 0 Å². The molecular weight excluding hydrogens is 108 g/mol. The summed E-state index contributed by atoms with van der Waals surface area (Å²) in [6.45, 7) is 0. The lowest BCUT2D eigenvalue weighted by Crippen LogP contribution is -1.73. The summed E-state index contributed by atoms with van der Waals surface area (Å²) in [5.74, 6) is 0.784. The Morgan fingerprint density at radius 1 is 1.11 bits per heavy atom. The molecule has 0 N–H and O–H groups in total. The van der Waals surface area contributed by atoms with Gasteiger partial charge in [0.25, 0.3) is 0 Å². The molecule has 0 spiro atoms. The van der Waals surface area contributed by atoms with Gasteiger partial charge in [0.15, 0.2) is 0 Å². The number of hydrogen-bond donors (Lipinski definition) is 0. The molecule has 2 rings (SSSR count). The third kappa shape index (κ3) is 0.973. The molecule has 1 unspecified atom stereocenters. The van der Waals surface area contributed by atoms with Crippen molar-refractivity contribution in [1.82, 2.24) is 0 Å². The maximum atomic E-state index is 2.33. The zero-order chi connectivity index (χ0) is 6.10. The van der Waals surface area contributed by atoms with Crippen LogP contribution in [0, 0.1) is 6.42 Å². The van der Waals surface area contributed by atoms with Crippen LogP contribution in [0.15, 0.2) is 30.3 Å². The molecule has 0 bridgehead atoms. The van der Waals surface area contributed by atoms with Gasteiger partial charge < -0.3 is 0 Å². The Kier molecular flexibility index (Phi) is 1.05. The lowest BCUT2D eigenvalue weighted by Gasteiger charge is -1.92. The van der Waals surface area contributed by atoms with Crippen LogP contribution in [0.5, 0.6) is 0 Å². The monoisotopic (exact) mass is 117 g/mol. The highest BCUT2D eigenvalue weighted by Gasteiger charge is 2.22. The van der Waals surface area contributed by atoms with Crippen LogP contribution in [-0.4, -0.2) is 0 Å². The minimum atomic E-state index is 0.784. The molecule has 1 aliphatic rings. The first-order chi connectivity index (χ1) is 4.47. The van der Waals surface area contributed by atoms with Gasteiger partial charge in [-0.25, -0.2) is 0 Å². The molecule has 0 aromatic heterocycles. The van der Waals surface area contributed by atoms with Crippen molar-refractivity contribution >= 4 is 0 Å². The topological polar surface area (TPSA) is 0 Å². The van der Waals surface area contributed by atoms with E-state index in [1.807, 2.05) is 0 Å². The Hall–Kier alpha value is -0.780. The van der Waals surface area contributed by atoms with E-state index in [1.165, 1.54) is 12.0 Å². The van der Waals surface area contributed by atoms with Crippen LogP contribution in [0.2, 0.25) is 0 Å². The largest absolute Gasteiger partial charge is 0.0622 e. The zero-order valence-corrected chi connectivity index (χ0v) is 5.25. The van der Waals surface area contributed by atoms with E-state index >= 15 is 0 Å². The Morgan fingerprint density at radius 2 is 1.78 bits per heavy atom. The summed E-state index contributed by atoms with van der Waals surface area (Å²) >= 11 is 0. The molecule has 0 nitrogen and oxygen atoms in total. The molecule has 0 aliphatic heterocycles. The summed E-state index contributed by atoms with van der Waals surface area (Å²) < 4.78 is 0. The highest BCUT2D eigenvalue weighted by Crippen LogP contribution is 2.38. The van der Waals surface area contributed by atoms with E-state index in [-0.39, 0.29) is 0 Å². The number of benzene rings is 1. The molecule has 0 heteroatoms. The molecule has 45 valence electrons. The second kappa shape index (κ2) is 1.87. The smallest absolute Gasteiger partial charge is 0.0128 e. The van der Waals surface area contributed by atoms with Gasteiger partial charge in [-0.15, -0.1) is 0 Å². The van der Waals surface area contributed by atoms with Crippen molar-refractivity contribution in [3.05, 3.63) is 42.3 Å². The van der Waals surface area contributed by atoms with Gasteiger partial charge in [0, 0.05) is 0 Å². The van der Waals surface area contributed by atoms with Crippen molar-refractivity contribution in [2.24, 2.45) is 0 Å². The van der Waals surface area contributed by atoms with Crippen LogP contribution in [0.4, 0.5) is 0 Å². The predicted octanol–water partition coefficient (Wildman–Crippen LogP) is 2.38. The number of rotatable bonds is 1. The van der Waals surface area contributed by atoms with Crippen LogP contribution in [0.25, 0.3) is 0 Å². The lowest BCUT2D eigenvalue weighted by atomic mass is 10.1. The minimum Gasteiger partial charge on any atom is -0.0622 e. The van der Waals surface area contributed by atoms with Crippen molar-refractivity contribution in [2.75, 3.05) is 0 Å². The van der Waals surface area contributed by atoms with Crippen LogP contribution in [0.3, 0.4) is 0 Å². The Balaban J connectivity index is 2.29. The van der Waals surface area contributed by atoms with Crippen molar-refractivity contribution < 1.29 is 0 Å². The molecule has 1 radical (unpaired) electrons. The fourth-order valence-corrected chi connectivity index (χ4v) is 1.04. The third-order valence-electron chi connectivity index (χ3n) is 1.70. The molecule has 1 aromatic carbocycles. The van der Waals surface area contributed by atoms with Gasteiger partial charge in [0.1, 0.15) is 0 Å². The van der Waals surface area contributed by atoms with Crippen LogP contribution in [0.1, 0.15) is 17.9 Å². The van der Waals surface area contributed by atoms with Crippen molar-refractivity contribution in [1.29, 1.82) is 0 Å². The maximum Gasteiger partial charge on any atom is -0.0128 e. The van der Waals surface area contributed by atoms with Crippen molar-refractivity contribution in [3.63, 3.8) is 0 Å². The molecule has 1 atom stereocenters. The third-order valence-corrected chi connectivity index (χ3v) is 1.70. The van der Waals surface area contributed by atoms with Gasteiger partial charge in [-0.05, 0) is 24.3 Å². The molecule has 0 saturated heterocycles. The summed E-state index contributed by atoms with van der Waals surface area (Å²) in [4.78, 5) is 0. The van der Waals surface area contributed by atoms with E-state index in [0.717, 1.165) is 5.92 Å². The summed E-state index contributed by atoms with van der Waals surface area (Å²) in [7, 11) is 0. The van der Waals surface area contributed by atoms with E-state index in [2.05, 4.69) is 36.8 Å². The normalized spacial score (nSPS) is 17.8. The van der Waals surface area contributed by atoms with E-state index in [0.29, 0.717) is 0 Å². The first-order valence-corrected chi connectivity index (χ1v) is 3.35. The van der Waals surface area contributed by atoms with Gasteiger partial charge >= 0.3 is 0 Å². The quantitative estimate of drug-likeness (QED) is 0.529. The highest BCUT2D eigenvalue weighted by atomic mass is 14.3. The van der Waals surface area contributed by atoms with Crippen molar-refractivity contribution in [2.45, 2.75) is 12.3 Å². The van der Waals surface area contributed by atoms with Crippen LogP contribution in [-0.2, 0) is 0 Å². The first kappa shape index (κ1) is 5.04. The van der Waals surface area contributed by atoms with E-state index < -0.39 is 0 Å². The fourth-order valence-electron chi connectivity index (χ4n) is 1.04. The fraction of sp³-hybridized carbons (Fsp3) is 0.222. The molecule has 1 aliphatic carbocycles. The highest BCUT2D eigenvalue weighted by molar-refractivity contribution is 5.28. The maximum absolute atomic E-state index is 2.33. The molecule has 1 fully saturated rings. The molecular formula is C9H9. The second-order valence-corrected chi connectivity index (χ2v) is 2.49. The molecule has 9 heavy (non-hydrogen) atoms. The van der Waals surface area contributed by atoms with Gasteiger partial charge in [0.05, 0.1) is 0 Å². The summed E-state index contributed by atoms with van der Waals surface area (Å²) in [5.41, 5.74) is 1.47.